The fourth-order valence-corrected chi connectivity index (χ4v) is 2.76. The van der Waals surface area contributed by atoms with Gasteiger partial charge in [-0.1, -0.05) is 19.3 Å². The van der Waals surface area contributed by atoms with E-state index in [-0.39, 0.29) is 12.5 Å². The van der Waals surface area contributed by atoms with Crippen LogP contribution in [0.15, 0.2) is 22.8 Å². The van der Waals surface area contributed by atoms with Gasteiger partial charge in [0.2, 0.25) is 5.91 Å². The molecule has 7 heteroatoms. The molecule has 0 spiro atoms. The Morgan fingerprint density at radius 2 is 2.09 bits per heavy atom. The molecule has 2 rings (SSSR count). The third-order valence-electron chi connectivity index (χ3n) is 4.00. The fourth-order valence-electron chi connectivity index (χ4n) is 2.76. The molecule has 0 saturated heterocycles. The van der Waals surface area contributed by atoms with Crippen molar-refractivity contribution in [2.45, 2.75) is 44.2 Å². The molecule has 1 aromatic rings. The van der Waals surface area contributed by atoms with Gasteiger partial charge >= 0.3 is 6.09 Å². The molecule has 0 aromatic carbocycles. The Bertz CT molecular complexity index is 495. The van der Waals surface area contributed by atoms with Gasteiger partial charge in [-0.3, -0.25) is 4.79 Å². The largest absolute Gasteiger partial charge is 0.466 e. The summed E-state index contributed by atoms with van der Waals surface area (Å²) >= 11 is 0. The van der Waals surface area contributed by atoms with Crippen LogP contribution >= 0.6 is 0 Å². The predicted octanol–water partition coefficient (Wildman–Crippen LogP) is 1.97. The summed E-state index contributed by atoms with van der Waals surface area (Å²) in [5, 5.41) is 5.58. The average Bonchev–Trinajstić information content (AvgIpc) is 3.07. The van der Waals surface area contributed by atoms with Gasteiger partial charge in [0.25, 0.3) is 0 Å². The van der Waals surface area contributed by atoms with E-state index < -0.39 is 11.6 Å². The third-order valence-corrected chi connectivity index (χ3v) is 4.00. The van der Waals surface area contributed by atoms with Crippen molar-refractivity contribution in [2.75, 3.05) is 20.3 Å². The van der Waals surface area contributed by atoms with Gasteiger partial charge in [0.15, 0.2) is 6.61 Å². The van der Waals surface area contributed by atoms with Gasteiger partial charge in [0.1, 0.15) is 11.3 Å². The van der Waals surface area contributed by atoms with Gasteiger partial charge in [0.05, 0.1) is 12.9 Å². The molecule has 1 aromatic heterocycles. The van der Waals surface area contributed by atoms with Crippen LogP contribution < -0.4 is 10.6 Å². The molecule has 2 amide bonds. The average molecular weight is 324 g/mol. The first kappa shape index (κ1) is 17.3. The van der Waals surface area contributed by atoms with E-state index in [1.165, 1.54) is 6.26 Å². The normalized spacial score (nSPS) is 16.6. The molecule has 128 valence electrons. The topological polar surface area (TPSA) is 89.8 Å². The van der Waals surface area contributed by atoms with Crippen LogP contribution in [0.4, 0.5) is 4.79 Å². The van der Waals surface area contributed by atoms with Gasteiger partial charge in [0, 0.05) is 13.7 Å². The SMILES string of the molecule is COCCNC(=O)C1(NC(=O)OCc2ccco2)CCCCC1. The lowest BCUT2D eigenvalue weighted by Crippen LogP contribution is -2.60. The number of carbonyl (C=O) groups is 2. The molecule has 1 heterocycles. The van der Waals surface area contributed by atoms with Gasteiger partial charge < -0.3 is 24.5 Å². The second-order valence-corrected chi connectivity index (χ2v) is 5.67. The highest BCUT2D eigenvalue weighted by molar-refractivity contribution is 5.90. The lowest BCUT2D eigenvalue weighted by Gasteiger charge is -2.36. The van der Waals surface area contributed by atoms with Crippen molar-refractivity contribution in [3.63, 3.8) is 0 Å². The molecule has 0 bridgehead atoms. The zero-order chi connectivity index (χ0) is 16.5. The number of hydrogen-bond acceptors (Lipinski definition) is 5. The fraction of sp³-hybridized carbons (Fsp3) is 0.625. The Morgan fingerprint density at radius 3 is 2.74 bits per heavy atom. The molecular weight excluding hydrogens is 300 g/mol. The quantitative estimate of drug-likeness (QED) is 0.749. The Balaban J connectivity index is 1.91. The smallest absolute Gasteiger partial charge is 0.408 e. The number of alkyl carbamates (subject to hydrolysis) is 1. The van der Waals surface area contributed by atoms with Crippen molar-refractivity contribution in [3.8, 4) is 0 Å². The second-order valence-electron chi connectivity index (χ2n) is 5.67. The lowest BCUT2D eigenvalue weighted by atomic mass is 9.81. The summed E-state index contributed by atoms with van der Waals surface area (Å²) in [6.07, 6.45) is 5.00. The van der Waals surface area contributed by atoms with Crippen molar-refractivity contribution in [2.24, 2.45) is 0 Å². The molecule has 0 radical (unpaired) electrons. The number of nitrogens with one attached hydrogen (secondary N) is 2. The Morgan fingerprint density at radius 1 is 1.30 bits per heavy atom. The Kier molecular flexibility index (Phi) is 6.46. The minimum absolute atomic E-state index is 0.0419. The summed E-state index contributed by atoms with van der Waals surface area (Å²) < 4.78 is 15.2. The maximum Gasteiger partial charge on any atom is 0.408 e. The second kappa shape index (κ2) is 8.57. The number of amides is 2. The van der Waals surface area contributed by atoms with E-state index in [9.17, 15) is 9.59 Å². The molecule has 0 aliphatic heterocycles. The molecule has 1 aliphatic carbocycles. The number of ether oxygens (including phenoxy) is 2. The summed E-state index contributed by atoms with van der Waals surface area (Å²) in [7, 11) is 1.58. The van der Waals surface area contributed by atoms with E-state index >= 15 is 0 Å². The van der Waals surface area contributed by atoms with E-state index in [0.29, 0.717) is 31.8 Å². The minimum atomic E-state index is -0.897. The zero-order valence-corrected chi connectivity index (χ0v) is 13.4. The van der Waals surface area contributed by atoms with Crippen molar-refractivity contribution in [3.05, 3.63) is 24.2 Å². The van der Waals surface area contributed by atoms with Crippen LogP contribution in [0.3, 0.4) is 0 Å². The van der Waals surface area contributed by atoms with Crippen molar-refractivity contribution in [1.29, 1.82) is 0 Å². The predicted molar refractivity (Wildman–Crippen MR) is 82.7 cm³/mol. The first-order valence-electron chi connectivity index (χ1n) is 7.91. The van der Waals surface area contributed by atoms with E-state index in [2.05, 4.69) is 10.6 Å². The van der Waals surface area contributed by atoms with E-state index in [0.717, 1.165) is 19.3 Å². The van der Waals surface area contributed by atoms with Crippen molar-refractivity contribution < 1.29 is 23.5 Å². The molecule has 2 N–H and O–H groups in total. The van der Waals surface area contributed by atoms with E-state index in [1.54, 1.807) is 19.2 Å². The van der Waals surface area contributed by atoms with Crippen LogP contribution in [0.1, 0.15) is 37.9 Å². The molecule has 1 aliphatic rings. The maximum atomic E-state index is 12.5. The molecule has 0 atom stereocenters. The number of rotatable bonds is 7. The molecule has 0 unspecified atom stereocenters. The molecular formula is C16H24N2O5. The van der Waals surface area contributed by atoms with Crippen LogP contribution in [0.5, 0.6) is 0 Å². The number of methoxy groups -OCH3 is 1. The van der Waals surface area contributed by atoms with Crippen LogP contribution in [-0.2, 0) is 20.9 Å². The first-order valence-corrected chi connectivity index (χ1v) is 7.91. The summed E-state index contributed by atoms with van der Waals surface area (Å²) in [6.45, 7) is 0.894. The van der Waals surface area contributed by atoms with Crippen molar-refractivity contribution in [1.82, 2.24) is 10.6 Å². The first-order chi connectivity index (χ1) is 11.2. The van der Waals surface area contributed by atoms with Gasteiger partial charge in [-0.05, 0) is 25.0 Å². The van der Waals surface area contributed by atoms with Crippen LogP contribution in [0, 0.1) is 0 Å². The summed E-state index contributed by atoms with van der Waals surface area (Å²) in [5.41, 5.74) is -0.897. The Labute approximate surface area is 135 Å². The zero-order valence-electron chi connectivity index (χ0n) is 13.4. The number of furan rings is 1. The van der Waals surface area contributed by atoms with Gasteiger partial charge in [-0.15, -0.1) is 0 Å². The van der Waals surface area contributed by atoms with Crippen LogP contribution in [-0.4, -0.2) is 37.8 Å². The molecule has 1 fully saturated rings. The third kappa shape index (κ3) is 4.99. The highest BCUT2D eigenvalue weighted by Gasteiger charge is 2.41. The van der Waals surface area contributed by atoms with Gasteiger partial charge in [-0.25, -0.2) is 4.79 Å². The summed E-state index contributed by atoms with van der Waals surface area (Å²) in [4.78, 5) is 24.6. The minimum Gasteiger partial charge on any atom is -0.466 e. The van der Waals surface area contributed by atoms with Crippen LogP contribution in [0.2, 0.25) is 0 Å². The summed E-state index contributed by atoms with van der Waals surface area (Å²) in [6, 6.07) is 3.45. The number of carbonyl (C=O) groups excluding carboxylic acids is 2. The van der Waals surface area contributed by atoms with Crippen molar-refractivity contribution >= 4 is 12.0 Å². The van der Waals surface area contributed by atoms with E-state index in [1.807, 2.05) is 0 Å². The molecule has 1 saturated carbocycles. The lowest BCUT2D eigenvalue weighted by molar-refractivity contribution is -0.129. The maximum absolute atomic E-state index is 12.5. The monoisotopic (exact) mass is 324 g/mol. The highest BCUT2D eigenvalue weighted by atomic mass is 16.6. The van der Waals surface area contributed by atoms with Crippen LogP contribution in [0.25, 0.3) is 0 Å². The molecule has 7 nitrogen and oxygen atoms in total. The van der Waals surface area contributed by atoms with E-state index in [4.69, 9.17) is 13.9 Å². The molecule has 23 heavy (non-hydrogen) atoms. The Hall–Kier alpha value is -2.02. The highest BCUT2D eigenvalue weighted by Crippen LogP contribution is 2.28. The number of hydrogen-bond donors (Lipinski definition) is 2. The standard InChI is InChI=1S/C16H24N2O5/c1-21-11-9-17-14(19)16(7-3-2-4-8-16)18-15(20)23-12-13-6-5-10-22-13/h5-6,10H,2-4,7-9,11-12H2,1H3,(H,17,19)(H,18,20). The summed E-state index contributed by atoms with van der Waals surface area (Å²) in [5.74, 6) is 0.381. The van der Waals surface area contributed by atoms with Gasteiger partial charge in [-0.2, -0.15) is 0 Å².